The maximum atomic E-state index is 13.3. The Morgan fingerprint density at radius 2 is 1.97 bits per heavy atom. The lowest BCUT2D eigenvalue weighted by Crippen LogP contribution is -2.29. The van der Waals surface area contributed by atoms with Gasteiger partial charge < -0.3 is 4.42 Å². The Balaban J connectivity index is 1.41. The van der Waals surface area contributed by atoms with Gasteiger partial charge in [0.05, 0.1) is 23.1 Å². The van der Waals surface area contributed by atoms with E-state index in [0.29, 0.717) is 27.6 Å². The van der Waals surface area contributed by atoms with Gasteiger partial charge in [-0.1, -0.05) is 41.6 Å². The Bertz CT molecular complexity index is 1470. The van der Waals surface area contributed by atoms with Crippen molar-refractivity contribution in [2.24, 2.45) is 12.1 Å². The lowest BCUT2D eigenvalue weighted by Gasteiger charge is -2.19. The van der Waals surface area contributed by atoms with Crippen molar-refractivity contribution in [3.8, 4) is 0 Å². The number of amides is 1. The third-order valence-corrected chi connectivity index (χ3v) is 8.23. The number of rotatable bonds is 5. The first-order valence-corrected chi connectivity index (χ1v) is 12.7. The fourth-order valence-corrected chi connectivity index (χ4v) is 5.94. The van der Waals surface area contributed by atoms with E-state index in [1.54, 1.807) is 13.3 Å². The van der Waals surface area contributed by atoms with Crippen molar-refractivity contribution in [3.63, 3.8) is 0 Å². The van der Waals surface area contributed by atoms with Crippen LogP contribution in [0.4, 0.5) is 0 Å². The molecule has 0 fully saturated rings. The standard InChI is InChI=1S/C25H24N4O3S2/c1-14-7-9-17(10-8-14)18-12-19(20-6-5-11-32-20)29(27-18)21(30)13-33-25-26-23-22(24(31)28(25)4)15(2)16(3)34-23/h5-11,19H,12-13H2,1-4H3. The maximum Gasteiger partial charge on any atom is 0.262 e. The molecule has 4 heterocycles. The van der Waals surface area contributed by atoms with E-state index in [-0.39, 0.29) is 23.3 Å². The van der Waals surface area contributed by atoms with Crippen LogP contribution < -0.4 is 5.56 Å². The quantitative estimate of drug-likeness (QED) is 0.290. The van der Waals surface area contributed by atoms with Crippen LogP contribution in [0.15, 0.2) is 62.1 Å². The van der Waals surface area contributed by atoms with Crippen molar-refractivity contribution >= 4 is 44.9 Å². The van der Waals surface area contributed by atoms with Crippen LogP contribution in [0.1, 0.15) is 39.8 Å². The molecule has 0 radical (unpaired) electrons. The van der Waals surface area contributed by atoms with Crippen LogP contribution in [0.5, 0.6) is 0 Å². The van der Waals surface area contributed by atoms with Crippen molar-refractivity contribution in [2.45, 2.75) is 38.4 Å². The van der Waals surface area contributed by atoms with Crippen molar-refractivity contribution in [1.29, 1.82) is 0 Å². The number of thiophene rings is 1. The second-order valence-corrected chi connectivity index (χ2v) is 10.5. The van der Waals surface area contributed by atoms with E-state index in [2.05, 4.69) is 10.1 Å². The third-order valence-electron chi connectivity index (χ3n) is 6.12. The molecule has 0 N–H and O–H groups in total. The van der Waals surface area contributed by atoms with Gasteiger partial charge in [-0.2, -0.15) is 5.10 Å². The monoisotopic (exact) mass is 492 g/mol. The van der Waals surface area contributed by atoms with Crippen molar-refractivity contribution in [2.75, 3.05) is 5.75 Å². The average Bonchev–Trinajstić information content (AvgIpc) is 3.55. The van der Waals surface area contributed by atoms with Crippen LogP contribution in [0.3, 0.4) is 0 Å². The summed E-state index contributed by atoms with van der Waals surface area (Å²) in [5.41, 5.74) is 3.88. The number of hydrogen-bond acceptors (Lipinski definition) is 7. The molecule has 1 aromatic carbocycles. The first-order valence-electron chi connectivity index (χ1n) is 10.9. The minimum atomic E-state index is -0.304. The second kappa shape index (κ2) is 8.88. The number of aryl methyl sites for hydroxylation is 3. The van der Waals surface area contributed by atoms with Gasteiger partial charge >= 0.3 is 0 Å². The number of fused-ring (bicyclic) bond motifs is 1. The molecule has 174 valence electrons. The Kier molecular flexibility index (Phi) is 5.91. The SMILES string of the molecule is Cc1ccc(C2=NN(C(=O)CSc3nc4sc(C)c(C)c4c(=O)n3C)C(c3ccco3)C2)cc1. The molecule has 34 heavy (non-hydrogen) atoms. The molecule has 1 unspecified atom stereocenters. The lowest BCUT2D eigenvalue weighted by molar-refractivity contribution is -0.130. The van der Waals surface area contributed by atoms with Crippen LogP contribution in [0.25, 0.3) is 10.2 Å². The van der Waals surface area contributed by atoms with E-state index in [0.717, 1.165) is 21.7 Å². The Labute approximate surface area is 205 Å². The van der Waals surface area contributed by atoms with Crippen LogP contribution in [-0.4, -0.2) is 31.9 Å². The van der Waals surface area contributed by atoms with Gasteiger partial charge in [-0.05, 0) is 44.0 Å². The van der Waals surface area contributed by atoms with E-state index in [1.165, 1.54) is 38.2 Å². The summed E-state index contributed by atoms with van der Waals surface area (Å²) in [4.78, 5) is 32.7. The van der Waals surface area contributed by atoms with Crippen LogP contribution in [-0.2, 0) is 11.8 Å². The molecule has 1 amide bonds. The van der Waals surface area contributed by atoms with Gasteiger partial charge in [0.15, 0.2) is 5.16 Å². The zero-order valence-electron chi connectivity index (χ0n) is 19.4. The molecule has 0 aliphatic carbocycles. The van der Waals surface area contributed by atoms with Gasteiger partial charge in [0.25, 0.3) is 11.5 Å². The van der Waals surface area contributed by atoms with Crippen LogP contribution >= 0.6 is 23.1 Å². The number of thioether (sulfide) groups is 1. The summed E-state index contributed by atoms with van der Waals surface area (Å²) in [6.45, 7) is 5.97. The molecule has 1 atom stereocenters. The summed E-state index contributed by atoms with van der Waals surface area (Å²) in [6.07, 6.45) is 2.18. The van der Waals surface area contributed by atoms with Gasteiger partial charge in [0.1, 0.15) is 16.6 Å². The normalized spacial score (nSPS) is 15.8. The lowest BCUT2D eigenvalue weighted by atomic mass is 10.0. The number of carbonyl (C=O) groups excluding carboxylic acids is 1. The second-order valence-electron chi connectivity index (χ2n) is 8.40. The highest BCUT2D eigenvalue weighted by Gasteiger charge is 2.35. The smallest absolute Gasteiger partial charge is 0.262 e. The Hall–Kier alpha value is -3.17. The number of nitrogens with zero attached hydrogens (tertiary/aromatic N) is 4. The molecule has 5 rings (SSSR count). The zero-order valence-corrected chi connectivity index (χ0v) is 21.0. The highest BCUT2D eigenvalue weighted by molar-refractivity contribution is 7.99. The number of hydrogen-bond donors (Lipinski definition) is 0. The fraction of sp³-hybridized carbons (Fsp3) is 0.280. The van der Waals surface area contributed by atoms with Gasteiger partial charge in [0.2, 0.25) is 0 Å². The van der Waals surface area contributed by atoms with Gasteiger partial charge in [-0.3, -0.25) is 14.2 Å². The average molecular weight is 493 g/mol. The molecular formula is C25H24N4O3S2. The maximum absolute atomic E-state index is 13.3. The molecule has 0 spiro atoms. The molecule has 9 heteroatoms. The Morgan fingerprint density at radius 3 is 2.68 bits per heavy atom. The van der Waals surface area contributed by atoms with E-state index in [1.807, 2.05) is 57.2 Å². The largest absolute Gasteiger partial charge is 0.467 e. The number of hydrazone groups is 1. The van der Waals surface area contributed by atoms with Crippen molar-refractivity contribution in [3.05, 3.63) is 80.3 Å². The van der Waals surface area contributed by atoms with Gasteiger partial charge in [-0.25, -0.2) is 9.99 Å². The molecule has 0 bridgehead atoms. The molecule has 3 aromatic heterocycles. The highest BCUT2D eigenvalue weighted by atomic mass is 32.2. The minimum absolute atomic E-state index is 0.0869. The van der Waals surface area contributed by atoms with Crippen LogP contribution in [0, 0.1) is 20.8 Å². The zero-order chi connectivity index (χ0) is 24.0. The number of aromatic nitrogens is 2. The Morgan fingerprint density at radius 1 is 1.21 bits per heavy atom. The van der Waals surface area contributed by atoms with E-state index in [9.17, 15) is 9.59 Å². The van der Waals surface area contributed by atoms with E-state index in [4.69, 9.17) is 4.42 Å². The highest BCUT2D eigenvalue weighted by Crippen LogP contribution is 2.34. The topological polar surface area (TPSA) is 80.7 Å². The number of benzene rings is 1. The predicted octanol–water partition coefficient (Wildman–Crippen LogP) is 4.98. The minimum Gasteiger partial charge on any atom is -0.467 e. The predicted molar refractivity (Wildman–Crippen MR) is 136 cm³/mol. The molecule has 7 nitrogen and oxygen atoms in total. The fourth-order valence-electron chi connectivity index (χ4n) is 4.04. The van der Waals surface area contributed by atoms with Crippen molar-refractivity contribution < 1.29 is 9.21 Å². The summed E-state index contributed by atoms with van der Waals surface area (Å²) in [5, 5.41) is 7.37. The molecule has 1 aliphatic rings. The summed E-state index contributed by atoms with van der Waals surface area (Å²) in [5.74, 6) is 0.638. The summed E-state index contributed by atoms with van der Waals surface area (Å²) < 4.78 is 7.15. The summed E-state index contributed by atoms with van der Waals surface area (Å²) in [6, 6.07) is 11.5. The molecule has 1 aliphatic heterocycles. The van der Waals surface area contributed by atoms with E-state index < -0.39 is 0 Å². The summed E-state index contributed by atoms with van der Waals surface area (Å²) >= 11 is 2.76. The number of carbonyl (C=O) groups is 1. The first kappa shape index (κ1) is 22.6. The van der Waals surface area contributed by atoms with Crippen molar-refractivity contribution in [1.82, 2.24) is 14.6 Å². The molecule has 0 saturated heterocycles. The molecule has 4 aromatic rings. The van der Waals surface area contributed by atoms with Gasteiger partial charge in [0, 0.05) is 18.3 Å². The number of furan rings is 1. The molecule has 0 saturated carbocycles. The third kappa shape index (κ3) is 3.99. The van der Waals surface area contributed by atoms with Crippen LogP contribution in [0.2, 0.25) is 0 Å². The molecular weight excluding hydrogens is 468 g/mol. The van der Waals surface area contributed by atoms with E-state index >= 15 is 0 Å². The summed E-state index contributed by atoms with van der Waals surface area (Å²) in [7, 11) is 1.70. The first-order chi connectivity index (χ1) is 16.3. The van der Waals surface area contributed by atoms with Gasteiger partial charge in [-0.15, -0.1) is 11.3 Å².